The Morgan fingerprint density at radius 2 is 1.62 bits per heavy atom. The molecule has 1 saturated carbocycles. The van der Waals surface area contributed by atoms with E-state index in [2.05, 4.69) is 0 Å². The first-order valence-corrected chi connectivity index (χ1v) is 9.51. The van der Waals surface area contributed by atoms with Crippen LogP contribution in [0.25, 0.3) is 0 Å². The van der Waals surface area contributed by atoms with Crippen LogP contribution < -0.4 is 5.73 Å². The zero-order chi connectivity index (χ0) is 17.8. The maximum Gasteiger partial charge on any atom is 0.253 e. The van der Waals surface area contributed by atoms with Gasteiger partial charge in [-0.25, -0.2) is 0 Å². The SMILES string of the molecule is Cl.NC1CCCC(C(=O)N2CCCN(C(=O)c3ccc(Cl)cc3)CC2)C1. The highest BCUT2D eigenvalue weighted by Crippen LogP contribution is 2.25. The van der Waals surface area contributed by atoms with E-state index in [0.29, 0.717) is 30.2 Å². The number of amides is 2. The van der Waals surface area contributed by atoms with E-state index in [1.807, 2.05) is 9.80 Å². The number of nitrogens with two attached hydrogens (primary N) is 1. The van der Waals surface area contributed by atoms with Crippen LogP contribution in [-0.2, 0) is 4.79 Å². The zero-order valence-electron chi connectivity index (χ0n) is 14.9. The fourth-order valence-corrected chi connectivity index (χ4v) is 3.95. The van der Waals surface area contributed by atoms with Crippen molar-refractivity contribution in [2.24, 2.45) is 11.7 Å². The Kier molecular flexibility index (Phi) is 7.74. The molecule has 0 radical (unpaired) electrons. The topological polar surface area (TPSA) is 66.6 Å². The first-order chi connectivity index (χ1) is 12.0. The van der Waals surface area contributed by atoms with Gasteiger partial charge in [-0.15, -0.1) is 12.4 Å². The lowest BCUT2D eigenvalue weighted by atomic mass is 9.85. The van der Waals surface area contributed by atoms with Crippen molar-refractivity contribution in [1.29, 1.82) is 0 Å². The molecule has 2 unspecified atom stereocenters. The van der Waals surface area contributed by atoms with Gasteiger partial charge in [0.1, 0.15) is 0 Å². The van der Waals surface area contributed by atoms with Gasteiger partial charge in [-0.2, -0.15) is 0 Å². The molecule has 2 aliphatic rings. The average molecular weight is 400 g/mol. The minimum absolute atomic E-state index is 0. The van der Waals surface area contributed by atoms with E-state index >= 15 is 0 Å². The Hall–Kier alpha value is -1.30. The molecule has 1 aliphatic heterocycles. The maximum absolute atomic E-state index is 12.8. The molecule has 0 spiro atoms. The molecule has 2 fully saturated rings. The fraction of sp³-hybridized carbons (Fsp3) is 0.579. The van der Waals surface area contributed by atoms with Crippen LogP contribution in [-0.4, -0.2) is 53.8 Å². The van der Waals surface area contributed by atoms with Gasteiger partial charge >= 0.3 is 0 Å². The van der Waals surface area contributed by atoms with Crippen molar-refractivity contribution in [3.8, 4) is 0 Å². The monoisotopic (exact) mass is 399 g/mol. The third-order valence-corrected chi connectivity index (χ3v) is 5.50. The van der Waals surface area contributed by atoms with Crippen molar-refractivity contribution in [3.63, 3.8) is 0 Å². The molecule has 2 amide bonds. The lowest BCUT2D eigenvalue weighted by Crippen LogP contribution is -2.42. The van der Waals surface area contributed by atoms with Gasteiger partial charge in [-0.3, -0.25) is 9.59 Å². The molecule has 7 heteroatoms. The third-order valence-electron chi connectivity index (χ3n) is 5.25. The molecule has 1 saturated heterocycles. The van der Waals surface area contributed by atoms with Gasteiger partial charge in [0.05, 0.1) is 0 Å². The standard InChI is InChI=1S/C19H26ClN3O2.ClH/c20-16-7-5-14(6-8-16)18(24)22-9-2-10-23(12-11-22)19(25)15-3-1-4-17(21)13-15;/h5-8,15,17H,1-4,9-13,21H2;1H. The molecule has 144 valence electrons. The van der Waals surface area contributed by atoms with Gasteiger partial charge in [0.25, 0.3) is 5.91 Å². The largest absolute Gasteiger partial charge is 0.341 e. The van der Waals surface area contributed by atoms with Crippen molar-refractivity contribution in [2.75, 3.05) is 26.2 Å². The van der Waals surface area contributed by atoms with Crippen molar-refractivity contribution in [1.82, 2.24) is 9.80 Å². The second-order valence-electron chi connectivity index (χ2n) is 7.10. The molecular formula is C19H27Cl2N3O2. The van der Waals surface area contributed by atoms with Crippen LogP contribution in [0.1, 0.15) is 42.5 Å². The van der Waals surface area contributed by atoms with Crippen LogP contribution in [0.2, 0.25) is 5.02 Å². The number of carbonyl (C=O) groups excluding carboxylic acids is 2. The van der Waals surface area contributed by atoms with Gasteiger partial charge in [-0.1, -0.05) is 18.0 Å². The molecule has 0 bridgehead atoms. The molecule has 1 aliphatic carbocycles. The van der Waals surface area contributed by atoms with Crippen molar-refractivity contribution in [2.45, 2.75) is 38.1 Å². The smallest absolute Gasteiger partial charge is 0.253 e. The molecule has 0 aromatic heterocycles. The molecule has 26 heavy (non-hydrogen) atoms. The minimum atomic E-state index is 0. The number of halogens is 2. The summed E-state index contributed by atoms with van der Waals surface area (Å²) in [4.78, 5) is 29.2. The van der Waals surface area contributed by atoms with E-state index in [9.17, 15) is 9.59 Å². The van der Waals surface area contributed by atoms with E-state index in [4.69, 9.17) is 17.3 Å². The predicted octanol–water partition coefficient (Wildman–Crippen LogP) is 2.95. The lowest BCUT2D eigenvalue weighted by molar-refractivity contribution is -0.136. The fourth-order valence-electron chi connectivity index (χ4n) is 3.83. The Bertz CT molecular complexity index is 624. The molecule has 3 rings (SSSR count). The summed E-state index contributed by atoms with van der Waals surface area (Å²) in [7, 11) is 0. The van der Waals surface area contributed by atoms with Crippen LogP contribution in [0.15, 0.2) is 24.3 Å². The van der Waals surface area contributed by atoms with E-state index in [1.165, 1.54) is 0 Å². The van der Waals surface area contributed by atoms with E-state index in [-0.39, 0.29) is 36.2 Å². The van der Waals surface area contributed by atoms with Crippen LogP contribution in [0.3, 0.4) is 0 Å². The van der Waals surface area contributed by atoms with Gasteiger partial charge in [0.2, 0.25) is 5.91 Å². The first kappa shape index (κ1) is 21.0. The lowest BCUT2D eigenvalue weighted by Gasteiger charge is -2.30. The minimum Gasteiger partial charge on any atom is -0.341 e. The molecule has 2 atom stereocenters. The van der Waals surface area contributed by atoms with Gasteiger partial charge in [0, 0.05) is 48.7 Å². The summed E-state index contributed by atoms with van der Waals surface area (Å²) in [5.41, 5.74) is 6.67. The quantitative estimate of drug-likeness (QED) is 0.830. The highest BCUT2D eigenvalue weighted by Gasteiger charge is 2.30. The van der Waals surface area contributed by atoms with Crippen molar-refractivity contribution < 1.29 is 9.59 Å². The summed E-state index contributed by atoms with van der Waals surface area (Å²) in [6.45, 7) is 2.57. The second-order valence-corrected chi connectivity index (χ2v) is 7.54. The number of rotatable bonds is 2. The number of hydrogen-bond acceptors (Lipinski definition) is 3. The number of hydrogen-bond donors (Lipinski definition) is 1. The number of carbonyl (C=O) groups is 2. The Labute approximate surface area is 166 Å². The summed E-state index contributed by atoms with van der Waals surface area (Å²) in [5.74, 6) is 0.281. The third kappa shape index (κ3) is 5.12. The van der Waals surface area contributed by atoms with E-state index < -0.39 is 0 Å². The van der Waals surface area contributed by atoms with Crippen LogP contribution >= 0.6 is 24.0 Å². The zero-order valence-corrected chi connectivity index (χ0v) is 16.5. The second kappa shape index (κ2) is 9.58. The Morgan fingerprint density at radius 1 is 0.962 bits per heavy atom. The first-order valence-electron chi connectivity index (χ1n) is 9.14. The summed E-state index contributed by atoms with van der Waals surface area (Å²) < 4.78 is 0. The summed E-state index contributed by atoms with van der Waals surface area (Å²) >= 11 is 5.89. The van der Waals surface area contributed by atoms with Crippen LogP contribution in [0.5, 0.6) is 0 Å². The molecule has 1 heterocycles. The van der Waals surface area contributed by atoms with Crippen LogP contribution in [0.4, 0.5) is 0 Å². The number of benzene rings is 1. The Balaban J connectivity index is 0.00000243. The average Bonchev–Trinajstić information content (AvgIpc) is 2.87. The van der Waals surface area contributed by atoms with Gasteiger partial charge < -0.3 is 15.5 Å². The summed E-state index contributed by atoms with van der Waals surface area (Å²) in [5, 5.41) is 0.620. The summed E-state index contributed by atoms with van der Waals surface area (Å²) in [6.07, 6.45) is 4.60. The van der Waals surface area contributed by atoms with Gasteiger partial charge in [-0.05, 0) is 49.9 Å². The molecule has 2 N–H and O–H groups in total. The van der Waals surface area contributed by atoms with Crippen LogP contribution in [0, 0.1) is 5.92 Å². The maximum atomic E-state index is 12.8. The predicted molar refractivity (Wildman–Crippen MR) is 106 cm³/mol. The Morgan fingerprint density at radius 3 is 2.31 bits per heavy atom. The van der Waals surface area contributed by atoms with Crippen molar-refractivity contribution in [3.05, 3.63) is 34.9 Å². The number of nitrogens with zero attached hydrogens (tertiary/aromatic N) is 2. The molecule has 5 nitrogen and oxygen atoms in total. The molecule has 1 aromatic carbocycles. The molecular weight excluding hydrogens is 373 g/mol. The summed E-state index contributed by atoms with van der Waals surface area (Å²) in [6, 6.07) is 7.12. The van der Waals surface area contributed by atoms with Crippen molar-refractivity contribution >= 4 is 35.8 Å². The van der Waals surface area contributed by atoms with E-state index in [1.54, 1.807) is 24.3 Å². The normalized spacial score (nSPS) is 23.8. The van der Waals surface area contributed by atoms with E-state index in [0.717, 1.165) is 38.6 Å². The van der Waals surface area contributed by atoms with Gasteiger partial charge in [0.15, 0.2) is 0 Å². The highest BCUT2D eigenvalue weighted by molar-refractivity contribution is 6.30. The molecule has 1 aromatic rings. The highest BCUT2D eigenvalue weighted by atomic mass is 35.5.